The molecule has 0 unspecified atom stereocenters. The molecule has 6 nitrogen and oxygen atoms in total. The van der Waals surface area contributed by atoms with Crippen molar-refractivity contribution in [1.82, 2.24) is 19.3 Å². The van der Waals surface area contributed by atoms with Gasteiger partial charge >= 0.3 is 0 Å². The van der Waals surface area contributed by atoms with Gasteiger partial charge in [-0.1, -0.05) is 18.2 Å². The van der Waals surface area contributed by atoms with Crippen LogP contribution in [0.3, 0.4) is 0 Å². The number of hydrogen-bond acceptors (Lipinski definition) is 5. The molecule has 0 amide bonds. The van der Waals surface area contributed by atoms with Crippen LogP contribution in [0.4, 0.5) is 0 Å². The molecule has 0 saturated carbocycles. The van der Waals surface area contributed by atoms with Gasteiger partial charge in [0, 0.05) is 24.3 Å². The lowest BCUT2D eigenvalue weighted by atomic mass is 10.1. The molecule has 0 aliphatic heterocycles. The number of nitrogens with zero attached hydrogens (tertiary/aromatic N) is 4. The van der Waals surface area contributed by atoms with E-state index < -0.39 is 0 Å². The number of aryl methyl sites for hydroxylation is 2. The molecule has 3 heterocycles. The van der Waals surface area contributed by atoms with Gasteiger partial charge in [0.05, 0.1) is 28.0 Å². The highest BCUT2D eigenvalue weighted by Crippen LogP contribution is 2.31. The van der Waals surface area contributed by atoms with Crippen molar-refractivity contribution in [2.24, 2.45) is 0 Å². The van der Waals surface area contributed by atoms with Gasteiger partial charge in [0.25, 0.3) is 5.56 Å². The maximum Gasteiger partial charge on any atom is 0.274 e. The predicted octanol–water partition coefficient (Wildman–Crippen LogP) is 3.22. The molecule has 4 rings (SSSR count). The molecule has 0 atom stereocenters. The third-order valence-corrected chi connectivity index (χ3v) is 5.38. The second kappa shape index (κ2) is 6.68. The molecule has 7 heteroatoms. The molecule has 0 aliphatic carbocycles. The van der Waals surface area contributed by atoms with Crippen molar-refractivity contribution in [3.63, 3.8) is 0 Å². The first-order valence-corrected chi connectivity index (χ1v) is 9.02. The van der Waals surface area contributed by atoms with E-state index in [1.807, 2.05) is 41.1 Å². The van der Waals surface area contributed by atoms with E-state index in [9.17, 15) is 9.59 Å². The number of thiophene rings is 1. The van der Waals surface area contributed by atoms with Crippen LogP contribution in [0, 0.1) is 0 Å². The number of fused-ring (bicyclic) bond motifs is 1. The van der Waals surface area contributed by atoms with Crippen LogP contribution in [-0.4, -0.2) is 25.1 Å². The Morgan fingerprint density at radius 2 is 1.92 bits per heavy atom. The van der Waals surface area contributed by atoms with E-state index in [0.717, 1.165) is 16.0 Å². The number of hydrogen-bond donors (Lipinski definition) is 0. The molecule has 0 fully saturated rings. The highest BCUT2D eigenvalue weighted by Gasteiger charge is 2.14. The summed E-state index contributed by atoms with van der Waals surface area (Å²) in [7, 11) is 0. The largest absolute Gasteiger partial charge is 0.336 e. The van der Waals surface area contributed by atoms with Crippen molar-refractivity contribution < 1.29 is 4.79 Å². The van der Waals surface area contributed by atoms with E-state index in [1.54, 1.807) is 25.5 Å². The fourth-order valence-corrected chi connectivity index (χ4v) is 3.75. The van der Waals surface area contributed by atoms with E-state index in [1.165, 1.54) is 16.0 Å². The summed E-state index contributed by atoms with van der Waals surface area (Å²) in [6.07, 6.45) is 5.27. The minimum Gasteiger partial charge on any atom is -0.336 e. The molecule has 26 heavy (non-hydrogen) atoms. The molecule has 130 valence electrons. The third-order valence-electron chi connectivity index (χ3n) is 4.18. The average molecular weight is 364 g/mol. The monoisotopic (exact) mass is 364 g/mol. The van der Waals surface area contributed by atoms with Crippen LogP contribution in [0.15, 0.2) is 59.9 Å². The van der Waals surface area contributed by atoms with Crippen molar-refractivity contribution in [3.05, 3.63) is 70.4 Å². The number of rotatable bonds is 5. The number of Topliss-reactive ketones (excluding diaryl/α,β-unsaturated/α-hetero) is 1. The van der Waals surface area contributed by atoms with Crippen molar-refractivity contribution >= 4 is 27.9 Å². The summed E-state index contributed by atoms with van der Waals surface area (Å²) in [6.45, 7) is 2.60. The highest BCUT2D eigenvalue weighted by molar-refractivity contribution is 7.17. The number of imidazole rings is 1. The van der Waals surface area contributed by atoms with Gasteiger partial charge in [-0.3, -0.25) is 9.59 Å². The standard InChI is InChI=1S/C19H16N4O2S/c1-13(24)16-6-7-17(26-16)18-14-4-2-3-5-15(14)19(25)23(21-18)11-10-22-9-8-20-12-22/h2-9,12H,10-11H2,1H3. The van der Waals surface area contributed by atoms with Crippen LogP contribution in [-0.2, 0) is 13.1 Å². The predicted molar refractivity (Wildman–Crippen MR) is 102 cm³/mol. The maximum absolute atomic E-state index is 12.8. The van der Waals surface area contributed by atoms with Crippen molar-refractivity contribution in [1.29, 1.82) is 0 Å². The Balaban J connectivity index is 1.83. The second-order valence-corrected chi connectivity index (χ2v) is 7.03. The topological polar surface area (TPSA) is 69.8 Å². The minimum atomic E-state index is -0.118. The van der Waals surface area contributed by atoms with E-state index in [0.29, 0.717) is 23.4 Å². The number of ketones is 1. The Morgan fingerprint density at radius 1 is 1.12 bits per heavy atom. The van der Waals surface area contributed by atoms with Gasteiger partial charge in [-0.05, 0) is 25.1 Å². The quantitative estimate of drug-likeness (QED) is 0.510. The second-order valence-electron chi connectivity index (χ2n) is 5.94. The Hall–Kier alpha value is -3.06. The Kier molecular flexibility index (Phi) is 4.22. The summed E-state index contributed by atoms with van der Waals surface area (Å²) in [4.78, 5) is 30.0. The molecule has 0 saturated heterocycles. The van der Waals surface area contributed by atoms with E-state index in [-0.39, 0.29) is 11.3 Å². The Bertz CT molecular complexity index is 1140. The summed E-state index contributed by atoms with van der Waals surface area (Å²) in [5.41, 5.74) is 0.608. The van der Waals surface area contributed by atoms with E-state index in [2.05, 4.69) is 10.1 Å². The van der Waals surface area contributed by atoms with Crippen LogP contribution in [0.1, 0.15) is 16.6 Å². The van der Waals surface area contributed by atoms with Gasteiger partial charge in [0.15, 0.2) is 5.78 Å². The number of aromatic nitrogens is 4. The first-order chi connectivity index (χ1) is 12.6. The summed E-state index contributed by atoms with van der Waals surface area (Å²) in [6, 6.07) is 11.1. The lowest BCUT2D eigenvalue weighted by Crippen LogP contribution is -2.25. The lowest BCUT2D eigenvalue weighted by Gasteiger charge is -2.10. The first kappa shape index (κ1) is 16.4. The van der Waals surface area contributed by atoms with Crippen LogP contribution in [0.5, 0.6) is 0 Å². The molecular formula is C19H16N4O2S. The van der Waals surface area contributed by atoms with Crippen LogP contribution < -0.4 is 5.56 Å². The molecule has 0 aliphatic rings. The van der Waals surface area contributed by atoms with Crippen molar-refractivity contribution in [2.75, 3.05) is 0 Å². The fourth-order valence-electron chi connectivity index (χ4n) is 2.85. The molecule has 3 aromatic heterocycles. The lowest BCUT2D eigenvalue weighted by molar-refractivity contribution is 0.102. The molecule has 0 N–H and O–H groups in total. The SMILES string of the molecule is CC(=O)c1ccc(-c2nn(CCn3ccnc3)c(=O)c3ccccc23)s1. The van der Waals surface area contributed by atoms with Gasteiger partial charge in [0.2, 0.25) is 0 Å². The van der Waals surface area contributed by atoms with Crippen LogP contribution >= 0.6 is 11.3 Å². The third kappa shape index (κ3) is 2.97. The molecule has 1 aromatic carbocycles. The zero-order valence-corrected chi connectivity index (χ0v) is 14.9. The fraction of sp³-hybridized carbons (Fsp3) is 0.158. The summed E-state index contributed by atoms with van der Waals surface area (Å²) < 4.78 is 3.40. The molecule has 4 aromatic rings. The number of benzene rings is 1. The van der Waals surface area contributed by atoms with E-state index >= 15 is 0 Å². The first-order valence-electron chi connectivity index (χ1n) is 8.20. The summed E-state index contributed by atoms with van der Waals surface area (Å²) in [5.74, 6) is 0.0268. The van der Waals surface area contributed by atoms with Gasteiger partial charge in [-0.15, -0.1) is 11.3 Å². The van der Waals surface area contributed by atoms with Gasteiger partial charge < -0.3 is 4.57 Å². The normalized spacial score (nSPS) is 11.1. The molecular weight excluding hydrogens is 348 g/mol. The summed E-state index contributed by atoms with van der Waals surface area (Å²) in [5, 5.41) is 6.04. The molecule has 0 spiro atoms. The minimum absolute atomic E-state index is 0.0268. The van der Waals surface area contributed by atoms with Crippen LogP contribution in [0.25, 0.3) is 21.3 Å². The zero-order chi connectivity index (χ0) is 18.1. The Morgan fingerprint density at radius 3 is 2.62 bits per heavy atom. The van der Waals surface area contributed by atoms with Gasteiger partial charge in [-0.2, -0.15) is 5.10 Å². The van der Waals surface area contributed by atoms with Crippen LogP contribution in [0.2, 0.25) is 0 Å². The Labute approximate surface area is 153 Å². The van der Waals surface area contributed by atoms with Gasteiger partial charge in [-0.25, -0.2) is 9.67 Å². The van der Waals surface area contributed by atoms with Crippen molar-refractivity contribution in [2.45, 2.75) is 20.0 Å². The van der Waals surface area contributed by atoms with E-state index in [4.69, 9.17) is 0 Å². The maximum atomic E-state index is 12.8. The number of carbonyl (C=O) groups is 1. The van der Waals surface area contributed by atoms with Gasteiger partial charge in [0.1, 0.15) is 5.69 Å². The average Bonchev–Trinajstić information content (AvgIpc) is 3.33. The van der Waals surface area contributed by atoms with Crippen molar-refractivity contribution in [3.8, 4) is 10.6 Å². The molecule has 0 radical (unpaired) electrons. The highest BCUT2D eigenvalue weighted by atomic mass is 32.1. The summed E-state index contributed by atoms with van der Waals surface area (Å²) >= 11 is 1.40. The molecule has 0 bridgehead atoms. The number of carbonyl (C=O) groups excluding carboxylic acids is 1. The smallest absolute Gasteiger partial charge is 0.274 e. The zero-order valence-electron chi connectivity index (χ0n) is 14.1.